The average Bonchev–Trinajstić information content (AvgIpc) is 3.17. The summed E-state index contributed by atoms with van der Waals surface area (Å²) in [6.07, 6.45) is 0.959. The minimum atomic E-state index is -0.142. The van der Waals surface area contributed by atoms with E-state index in [1.807, 2.05) is 54.8 Å². The topological polar surface area (TPSA) is 78.7 Å². The van der Waals surface area contributed by atoms with E-state index in [4.69, 9.17) is 4.52 Å². The third-order valence-electron chi connectivity index (χ3n) is 5.18. The van der Waals surface area contributed by atoms with E-state index in [9.17, 15) is 9.59 Å². The number of anilines is 1. The highest BCUT2D eigenvalue weighted by atomic mass is 16.5. The first-order valence-corrected chi connectivity index (χ1v) is 10.1. The molecule has 1 aliphatic rings. The number of nitrogens with one attached hydrogen (secondary N) is 1. The standard InChI is InChI=1S/C22H30N4O3/c1-5-16-6-8-17(9-7-16)21(28)26-12-10-25(11-13-26)15-19(27)23-20-14-18(24-29-20)22(2,3)4/h6-9,14H,5,10-13,15H2,1-4H3,(H,23,27). The van der Waals surface area contributed by atoms with Crippen LogP contribution in [0.3, 0.4) is 0 Å². The largest absolute Gasteiger partial charge is 0.338 e. The second kappa shape index (κ2) is 8.78. The summed E-state index contributed by atoms with van der Waals surface area (Å²) >= 11 is 0. The van der Waals surface area contributed by atoms with Crippen LogP contribution in [0, 0.1) is 0 Å². The molecule has 0 spiro atoms. The predicted octanol–water partition coefficient (Wildman–Crippen LogP) is 2.93. The monoisotopic (exact) mass is 398 g/mol. The van der Waals surface area contributed by atoms with Crippen LogP contribution >= 0.6 is 0 Å². The minimum absolute atomic E-state index is 0.0492. The van der Waals surface area contributed by atoms with Crippen LogP contribution in [0.2, 0.25) is 0 Å². The lowest BCUT2D eigenvalue weighted by atomic mass is 9.92. The quantitative estimate of drug-likeness (QED) is 0.838. The van der Waals surface area contributed by atoms with E-state index in [1.54, 1.807) is 6.07 Å². The van der Waals surface area contributed by atoms with Gasteiger partial charge in [-0.15, -0.1) is 0 Å². The predicted molar refractivity (Wildman–Crippen MR) is 112 cm³/mol. The summed E-state index contributed by atoms with van der Waals surface area (Å²) < 4.78 is 5.21. The van der Waals surface area contributed by atoms with Gasteiger partial charge in [-0.3, -0.25) is 19.8 Å². The van der Waals surface area contributed by atoms with Gasteiger partial charge in [-0.25, -0.2) is 0 Å². The third kappa shape index (κ3) is 5.44. The summed E-state index contributed by atoms with van der Waals surface area (Å²) in [7, 11) is 0. The summed E-state index contributed by atoms with van der Waals surface area (Å²) in [4.78, 5) is 28.9. The van der Waals surface area contributed by atoms with Crippen LogP contribution in [-0.2, 0) is 16.6 Å². The maximum atomic E-state index is 12.7. The first-order valence-electron chi connectivity index (χ1n) is 10.1. The Bertz CT molecular complexity index is 844. The van der Waals surface area contributed by atoms with E-state index in [0.29, 0.717) is 37.6 Å². The number of hydrogen-bond donors (Lipinski definition) is 1. The number of aromatic nitrogens is 1. The van der Waals surface area contributed by atoms with Gasteiger partial charge in [0.15, 0.2) is 0 Å². The van der Waals surface area contributed by atoms with E-state index < -0.39 is 0 Å². The van der Waals surface area contributed by atoms with Gasteiger partial charge in [-0.1, -0.05) is 45.0 Å². The third-order valence-corrected chi connectivity index (χ3v) is 5.18. The van der Waals surface area contributed by atoms with Crippen molar-refractivity contribution in [1.29, 1.82) is 0 Å². The molecule has 0 radical (unpaired) electrons. The van der Waals surface area contributed by atoms with E-state index in [-0.39, 0.29) is 23.8 Å². The van der Waals surface area contributed by atoms with Gasteiger partial charge in [0.05, 0.1) is 12.2 Å². The molecule has 1 saturated heterocycles. The molecule has 2 amide bonds. The molecule has 1 aliphatic heterocycles. The lowest BCUT2D eigenvalue weighted by molar-refractivity contribution is -0.117. The van der Waals surface area contributed by atoms with Crippen LogP contribution in [0.1, 0.15) is 49.3 Å². The number of rotatable bonds is 5. The summed E-state index contributed by atoms with van der Waals surface area (Å²) in [6, 6.07) is 9.55. The molecule has 7 nitrogen and oxygen atoms in total. The highest BCUT2D eigenvalue weighted by molar-refractivity contribution is 5.94. The number of amides is 2. The Morgan fingerprint density at radius 2 is 1.76 bits per heavy atom. The molecule has 0 atom stereocenters. The zero-order valence-corrected chi connectivity index (χ0v) is 17.7. The molecular weight excluding hydrogens is 368 g/mol. The molecule has 1 aromatic carbocycles. The second-order valence-electron chi connectivity index (χ2n) is 8.49. The smallest absolute Gasteiger partial charge is 0.253 e. The van der Waals surface area contributed by atoms with Gasteiger partial charge < -0.3 is 9.42 Å². The molecule has 29 heavy (non-hydrogen) atoms. The molecule has 2 aromatic rings. The summed E-state index contributed by atoms with van der Waals surface area (Å²) in [5.74, 6) is 0.272. The summed E-state index contributed by atoms with van der Waals surface area (Å²) in [5, 5.41) is 6.77. The fourth-order valence-electron chi connectivity index (χ4n) is 3.24. The Morgan fingerprint density at radius 3 is 2.31 bits per heavy atom. The van der Waals surface area contributed by atoms with Gasteiger partial charge in [-0.2, -0.15) is 0 Å². The van der Waals surface area contributed by atoms with Crippen molar-refractivity contribution >= 4 is 17.7 Å². The first-order chi connectivity index (χ1) is 13.8. The summed E-state index contributed by atoms with van der Waals surface area (Å²) in [6.45, 7) is 11.0. The molecule has 0 aliphatic carbocycles. The lowest BCUT2D eigenvalue weighted by Gasteiger charge is -2.34. The van der Waals surface area contributed by atoms with Crippen LogP contribution in [-0.4, -0.2) is 59.5 Å². The van der Waals surface area contributed by atoms with Crippen molar-refractivity contribution in [2.45, 2.75) is 39.5 Å². The first kappa shape index (κ1) is 21.0. The van der Waals surface area contributed by atoms with E-state index in [1.165, 1.54) is 5.56 Å². The SMILES string of the molecule is CCc1ccc(C(=O)N2CCN(CC(=O)Nc3cc(C(C)(C)C)no3)CC2)cc1. The average molecular weight is 399 g/mol. The number of benzene rings is 1. The zero-order chi connectivity index (χ0) is 21.0. The van der Waals surface area contributed by atoms with Crippen LogP contribution < -0.4 is 5.32 Å². The molecule has 2 heterocycles. The van der Waals surface area contributed by atoms with Crippen LogP contribution in [0.4, 0.5) is 5.88 Å². The van der Waals surface area contributed by atoms with E-state index in [2.05, 4.69) is 17.4 Å². The lowest BCUT2D eigenvalue weighted by Crippen LogP contribution is -2.50. The fraction of sp³-hybridized carbons (Fsp3) is 0.500. The Hall–Kier alpha value is -2.67. The second-order valence-corrected chi connectivity index (χ2v) is 8.49. The molecule has 0 unspecified atom stereocenters. The van der Waals surface area contributed by atoms with Gasteiger partial charge in [0.25, 0.3) is 5.91 Å². The highest BCUT2D eigenvalue weighted by Gasteiger charge is 2.24. The number of nitrogens with zero attached hydrogens (tertiary/aromatic N) is 3. The van der Waals surface area contributed by atoms with Gasteiger partial charge in [0.2, 0.25) is 11.8 Å². The van der Waals surface area contributed by atoms with Crippen molar-refractivity contribution in [1.82, 2.24) is 15.0 Å². The number of aryl methyl sites for hydroxylation is 1. The van der Waals surface area contributed by atoms with Crippen LogP contribution in [0.5, 0.6) is 0 Å². The van der Waals surface area contributed by atoms with Gasteiger partial charge in [0.1, 0.15) is 0 Å². The van der Waals surface area contributed by atoms with Crippen molar-refractivity contribution in [2.24, 2.45) is 0 Å². The van der Waals surface area contributed by atoms with Crippen molar-refractivity contribution < 1.29 is 14.1 Å². The Morgan fingerprint density at radius 1 is 1.10 bits per heavy atom. The van der Waals surface area contributed by atoms with Crippen molar-refractivity contribution in [3.05, 3.63) is 47.2 Å². The Kier molecular flexibility index (Phi) is 6.37. The highest BCUT2D eigenvalue weighted by Crippen LogP contribution is 2.23. The van der Waals surface area contributed by atoms with Gasteiger partial charge >= 0.3 is 0 Å². The summed E-state index contributed by atoms with van der Waals surface area (Å²) in [5.41, 5.74) is 2.60. The number of piperazine rings is 1. The van der Waals surface area contributed by atoms with Crippen LogP contribution in [0.25, 0.3) is 0 Å². The maximum Gasteiger partial charge on any atom is 0.253 e. The Labute approximate surface area is 172 Å². The van der Waals surface area contributed by atoms with Gasteiger partial charge in [0, 0.05) is 43.2 Å². The van der Waals surface area contributed by atoms with Gasteiger partial charge in [-0.05, 0) is 24.1 Å². The molecule has 156 valence electrons. The Balaban J connectivity index is 1.47. The fourth-order valence-corrected chi connectivity index (χ4v) is 3.24. The number of carbonyl (C=O) groups excluding carboxylic acids is 2. The minimum Gasteiger partial charge on any atom is -0.338 e. The molecule has 1 fully saturated rings. The van der Waals surface area contributed by atoms with Crippen LogP contribution in [0.15, 0.2) is 34.9 Å². The normalized spacial score (nSPS) is 15.4. The molecular formula is C22H30N4O3. The van der Waals surface area contributed by atoms with Crippen molar-refractivity contribution in [3.8, 4) is 0 Å². The van der Waals surface area contributed by atoms with E-state index in [0.717, 1.165) is 12.1 Å². The molecule has 1 aromatic heterocycles. The molecule has 0 saturated carbocycles. The maximum absolute atomic E-state index is 12.7. The number of hydrogen-bond acceptors (Lipinski definition) is 5. The van der Waals surface area contributed by atoms with Crippen molar-refractivity contribution in [3.63, 3.8) is 0 Å². The molecule has 1 N–H and O–H groups in total. The van der Waals surface area contributed by atoms with E-state index >= 15 is 0 Å². The molecule has 3 rings (SSSR count). The zero-order valence-electron chi connectivity index (χ0n) is 17.7. The van der Waals surface area contributed by atoms with Crippen molar-refractivity contribution in [2.75, 3.05) is 38.0 Å². The molecule has 7 heteroatoms. The number of carbonyl (C=O) groups is 2. The molecule has 0 bridgehead atoms.